The van der Waals surface area contributed by atoms with Crippen molar-refractivity contribution in [1.29, 1.82) is 0 Å². The molecule has 0 aliphatic carbocycles. The number of halogens is 1. The van der Waals surface area contributed by atoms with E-state index in [1.165, 1.54) is 12.1 Å². The number of ether oxygens (including phenoxy) is 2. The summed E-state index contributed by atoms with van der Waals surface area (Å²) in [6.45, 7) is 2.15. The average molecular weight is 268 g/mol. The van der Waals surface area contributed by atoms with Crippen LogP contribution in [0.2, 0.25) is 0 Å². The van der Waals surface area contributed by atoms with Crippen molar-refractivity contribution in [1.82, 2.24) is 0 Å². The second kappa shape index (κ2) is 6.63. The molecule has 0 saturated carbocycles. The highest BCUT2D eigenvalue weighted by Crippen LogP contribution is 2.17. The minimum Gasteiger partial charge on any atom is -0.478 e. The van der Waals surface area contributed by atoms with Crippen molar-refractivity contribution in [3.8, 4) is 0 Å². The summed E-state index contributed by atoms with van der Waals surface area (Å²) in [5.41, 5.74) is 0.359. The maximum absolute atomic E-state index is 13.5. The lowest BCUT2D eigenvalue weighted by Gasteiger charge is -2.21. The zero-order chi connectivity index (χ0) is 13.7. The van der Waals surface area contributed by atoms with E-state index in [-0.39, 0.29) is 17.7 Å². The van der Waals surface area contributed by atoms with Gasteiger partial charge in [0.15, 0.2) is 0 Å². The Balaban J connectivity index is 1.87. The second-order valence-electron chi connectivity index (χ2n) is 4.68. The summed E-state index contributed by atoms with van der Waals surface area (Å²) in [5, 5.41) is 8.85. The Kier molecular flexibility index (Phi) is 4.87. The lowest BCUT2D eigenvalue weighted by molar-refractivity contribution is 0.0151. The maximum atomic E-state index is 13.5. The minimum atomic E-state index is -1.06. The Hall–Kier alpha value is -1.46. The van der Waals surface area contributed by atoms with Gasteiger partial charge in [-0.25, -0.2) is 9.18 Å². The molecule has 0 amide bonds. The first-order valence-corrected chi connectivity index (χ1v) is 6.34. The molecule has 104 valence electrons. The average Bonchev–Trinajstić information content (AvgIpc) is 2.42. The molecule has 0 spiro atoms. The lowest BCUT2D eigenvalue weighted by Crippen LogP contribution is -2.20. The lowest BCUT2D eigenvalue weighted by atomic mass is 10.0. The standard InChI is InChI=1S/C14H17FO4/c15-13-2-1-11(14(16)17)7-12(13)9-19-8-10-3-5-18-6-4-10/h1-2,7,10H,3-6,8-9H2,(H,16,17). The van der Waals surface area contributed by atoms with Gasteiger partial charge in [0.1, 0.15) is 5.82 Å². The molecule has 1 aromatic carbocycles. The van der Waals surface area contributed by atoms with E-state index >= 15 is 0 Å². The molecule has 2 rings (SSSR count). The summed E-state index contributed by atoms with van der Waals surface area (Å²) in [7, 11) is 0. The fourth-order valence-electron chi connectivity index (χ4n) is 2.07. The minimum absolute atomic E-state index is 0.0751. The van der Waals surface area contributed by atoms with Crippen LogP contribution in [-0.4, -0.2) is 30.9 Å². The number of carbonyl (C=O) groups is 1. The molecule has 4 nitrogen and oxygen atoms in total. The van der Waals surface area contributed by atoms with E-state index in [1.54, 1.807) is 0 Å². The first-order valence-electron chi connectivity index (χ1n) is 6.34. The topological polar surface area (TPSA) is 55.8 Å². The van der Waals surface area contributed by atoms with Gasteiger partial charge in [0.25, 0.3) is 0 Å². The van der Waals surface area contributed by atoms with E-state index in [0.29, 0.717) is 12.5 Å². The van der Waals surface area contributed by atoms with E-state index in [0.717, 1.165) is 32.1 Å². The quantitative estimate of drug-likeness (QED) is 0.891. The summed E-state index contributed by atoms with van der Waals surface area (Å²) < 4.78 is 24.2. The molecular weight excluding hydrogens is 251 g/mol. The van der Waals surface area contributed by atoms with Gasteiger partial charge in [0, 0.05) is 18.8 Å². The van der Waals surface area contributed by atoms with E-state index in [1.807, 2.05) is 0 Å². The third-order valence-electron chi connectivity index (χ3n) is 3.24. The van der Waals surface area contributed by atoms with Crippen molar-refractivity contribution in [3.05, 3.63) is 35.1 Å². The SMILES string of the molecule is O=C(O)c1ccc(F)c(COCC2CCOCC2)c1. The van der Waals surface area contributed by atoms with Crippen molar-refractivity contribution in [2.75, 3.05) is 19.8 Å². The van der Waals surface area contributed by atoms with Crippen LogP contribution in [0.5, 0.6) is 0 Å². The zero-order valence-electron chi connectivity index (χ0n) is 10.6. The molecule has 1 fully saturated rings. The van der Waals surface area contributed by atoms with Crippen LogP contribution >= 0.6 is 0 Å². The molecule has 0 unspecified atom stereocenters. The Labute approximate surface area is 111 Å². The maximum Gasteiger partial charge on any atom is 0.335 e. The number of rotatable bonds is 5. The largest absolute Gasteiger partial charge is 0.478 e. The zero-order valence-corrected chi connectivity index (χ0v) is 10.6. The van der Waals surface area contributed by atoms with Gasteiger partial charge in [-0.2, -0.15) is 0 Å². The summed E-state index contributed by atoms with van der Waals surface area (Å²) in [6.07, 6.45) is 1.91. The molecule has 0 atom stereocenters. The monoisotopic (exact) mass is 268 g/mol. The number of hydrogen-bond donors (Lipinski definition) is 1. The summed E-state index contributed by atoms with van der Waals surface area (Å²) in [4.78, 5) is 10.8. The second-order valence-corrected chi connectivity index (χ2v) is 4.68. The van der Waals surface area contributed by atoms with Crippen LogP contribution in [0.3, 0.4) is 0 Å². The van der Waals surface area contributed by atoms with Gasteiger partial charge >= 0.3 is 5.97 Å². The molecule has 0 bridgehead atoms. The van der Waals surface area contributed by atoms with Crippen molar-refractivity contribution in [2.24, 2.45) is 5.92 Å². The first-order chi connectivity index (χ1) is 9.16. The van der Waals surface area contributed by atoms with Crippen LogP contribution in [0.15, 0.2) is 18.2 Å². The van der Waals surface area contributed by atoms with E-state index in [2.05, 4.69) is 0 Å². The third kappa shape index (κ3) is 4.01. The van der Waals surface area contributed by atoms with Crippen molar-refractivity contribution in [3.63, 3.8) is 0 Å². The predicted octanol–water partition coefficient (Wildman–Crippen LogP) is 2.47. The summed E-state index contributed by atoms with van der Waals surface area (Å²) >= 11 is 0. The number of carboxylic acids is 1. The van der Waals surface area contributed by atoms with Gasteiger partial charge in [-0.1, -0.05) is 0 Å². The molecule has 1 aliphatic heterocycles. The van der Waals surface area contributed by atoms with Gasteiger partial charge in [-0.3, -0.25) is 0 Å². The Morgan fingerprint density at radius 3 is 2.84 bits per heavy atom. The van der Waals surface area contributed by atoms with E-state index in [9.17, 15) is 9.18 Å². The number of aromatic carboxylic acids is 1. The number of hydrogen-bond acceptors (Lipinski definition) is 3. The molecular formula is C14H17FO4. The Morgan fingerprint density at radius 1 is 1.42 bits per heavy atom. The van der Waals surface area contributed by atoms with E-state index < -0.39 is 11.8 Å². The van der Waals surface area contributed by atoms with E-state index in [4.69, 9.17) is 14.6 Å². The predicted molar refractivity (Wildman–Crippen MR) is 66.6 cm³/mol. The highest BCUT2D eigenvalue weighted by atomic mass is 19.1. The normalized spacial score (nSPS) is 16.5. The Bertz CT molecular complexity index is 441. The van der Waals surface area contributed by atoms with Gasteiger partial charge in [0.2, 0.25) is 0 Å². The molecule has 1 saturated heterocycles. The van der Waals surface area contributed by atoms with Crippen LogP contribution < -0.4 is 0 Å². The summed E-state index contributed by atoms with van der Waals surface area (Å²) in [5.74, 6) is -1.05. The molecule has 1 heterocycles. The highest BCUT2D eigenvalue weighted by Gasteiger charge is 2.14. The van der Waals surface area contributed by atoms with Crippen LogP contribution in [0, 0.1) is 11.7 Å². The van der Waals surface area contributed by atoms with Crippen molar-refractivity contribution in [2.45, 2.75) is 19.4 Å². The highest BCUT2D eigenvalue weighted by molar-refractivity contribution is 5.87. The van der Waals surface area contributed by atoms with Crippen molar-refractivity contribution >= 4 is 5.97 Å². The van der Waals surface area contributed by atoms with Crippen molar-refractivity contribution < 1.29 is 23.8 Å². The first kappa shape index (κ1) is 14.0. The van der Waals surface area contributed by atoms with Crippen LogP contribution in [0.25, 0.3) is 0 Å². The van der Waals surface area contributed by atoms with Gasteiger partial charge < -0.3 is 14.6 Å². The smallest absolute Gasteiger partial charge is 0.335 e. The molecule has 1 aliphatic rings. The summed E-state index contributed by atoms with van der Waals surface area (Å²) in [6, 6.07) is 3.73. The molecule has 0 aromatic heterocycles. The van der Waals surface area contributed by atoms with Crippen LogP contribution in [-0.2, 0) is 16.1 Å². The Morgan fingerprint density at radius 2 is 2.16 bits per heavy atom. The molecule has 19 heavy (non-hydrogen) atoms. The van der Waals surface area contributed by atoms with Crippen LogP contribution in [0.1, 0.15) is 28.8 Å². The van der Waals surface area contributed by atoms with Gasteiger partial charge in [-0.05, 0) is 37.0 Å². The fourth-order valence-corrected chi connectivity index (χ4v) is 2.07. The molecule has 0 radical (unpaired) electrons. The molecule has 1 aromatic rings. The number of benzene rings is 1. The van der Waals surface area contributed by atoms with Gasteiger partial charge in [-0.15, -0.1) is 0 Å². The molecule has 1 N–H and O–H groups in total. The number of carboxylic acid groups (broad SMARTS) is 1. The van der Waals surface area contributed by atoms with Gasteiger partial charge in [0.05, 0.1) is 18.8 Å². The third-order valence-corrected chi connectivity index (χ3v) is 3.24. The molecule has 5 heteroatoms. The fraction of sp³-hybridized carbons (Fsp3) is 0.500. The van der Waals surface area contributed by atoms with Crippen LogP contribution in [0.4, 0.5) is 4.39 Å².